The Bertz CT molecular complexity index is 608. The molecule has 20 heavy (non-hydrogen) atoms. The van der Waals surface area contributed by atoms with E-state index in [1.165, 1.54) is 6.92 Å². The molecule has 2 heterocycles. The highest BCUT2D eigenvalue weighted by atomic mass is 19.3. The van der Waals surface area contributed by atoms with Crippen LogP contribution in [0, 0.1) is 0 Å². The van der Waals surface area contributed by atoms with Gasteiger partial charge in [-0.3, -0.25) is 14.3 Å². The Morgan fingerprint density at radius 1 is 1.60 bits per heavy atom. The average Bonchev–Trinajstić information content (AvgIpc) is 2.66. The molecular weight excluding hydrogens is 274 g/mol. The molecule has 0 aromatic carbocycles. The Morgan fingerprint density at radius 2 is 2.25 bits per heavy atom. The fourth-order valence-electron chi connectivity index (χ4n) is 2.19. The van der Waals surface area contributed by atoms with Crippen LogP contribution in [-0.2, 0) is 11.2 Å². The molecule has 112 valence electrons. The standard InChI is InChI=1S/C12H16F2N2O4/c1-3-7-5-16(11(19)15-9(7)18)10-12(13,14)4-8(20-10)6(2)17/h5-6,8,10,17H,3-4H2,1-2H3,(H,15,18,19)/t6-,8-,10+/m0/s1. The normalized spacial score (nSPS) is 26.6. The molecule has 1 aliphatic heterocycles. The van der Waals surface area contributed by atoms with E-state index in [1.807, 2.05) is 4.98 Å². The number of nitrogens with zero attached hydrogens (tertiary/aromatic N) is 1. The van der Waals surface area contributed by atoms with Crippen molar-refractivity contribution in [3.8, 4) is 0 Å². The van der Waals surface area contributed by atoms with Crippen LogP contribution in [0.25, 0.3) is 0 Å². The molecule has 1 aromatic rings. The third kappa shape index (κ3) is 2.53. The largest absolute Gasteiger partial charge is 0.391 e. The number of aromatic amines is 1. The molecule has 8 heteroatoms. The topological polar surface area (TPSA) is 84.3 Å². The molecule has 1 aromatic heterocycles. The summed E-state index contributed by atoms with van der Waals surface area (Å²) in [6, 6.07) is 0. The van der Waals surface area contributed by atoms with Crippen molar-refractivity contribution in [1.29, 1.82) is 0 Å². The zero-order chi connectivity index (χ0) is 15.1. The van der Waals surface area contributed by atoms with Crippen LogP contribution < -0.4 is 11.2 Å². The smallest absolute Gasteiger partial charge is 0.330 e. The lowest BCUT2D eigenvalue weighted by molar-refractivity contribution is -0.126. The highest BCUT2D eigenvalue weighted by Crippen LogP contribution is 2.42. The summed E-state index contributed by atoms with van der Waals surface area (Å²) in [6.07, 6.45) is -3.24. The summed E-state index contributed by atoms with van der Waals surface area (Å²) < 4.78 is 33.6. The van der Waals surface area contributed by atoms with Crippen LogP contribution in [0.4, 0.5) is 8.78 Å². The third-order valence-corrected chi connectivity index (χ3v) is 3.35. The van der Waals surface area contributed by atoms with Crippen LogP contribution in [0.3, 0.4) is 0 Å². The number of aryl methyl sites for hydroxylation is 1. The van der Waals surface area contributed by atoms with E-state index in [0.29, 0.717) is 11.0 Å². The summed E-state index contributed by atoms with van der Waals surface area (Å²) in [6.45, 7) is 3.02. The van der Waals surface area contributed by atoms with Gasteiger partial charge < -0.3 is 9.84 Å². The van der Waals surface area contributed by atoms with Crippen molar-refractivity contribution >= 4 is 0 Å². The van der Waals surface area contributed by atoms with Gasteiger partial charge in [-0.1, -0.05) is 6.92 Å². The minimum absolute atomic E-state index is 0.212. The van der Waals surface area contributed by atoms with Crippen LogP contribution in [0.1, 0.15) is 32.1 Å². The van der Waals surface area contributed by atoms with Gasteiger partial charge in [0.25, 0.3) is 11.5 Å². The van der Waals surface area contributed by atoms with Gasteiger partial charge in [0.1, 0.15) is 0 Å². The lowest BCUT2D eigenvalue weighted by Gasteiger charge is -2.20. The summed E-state index contributed by atoms with van der Waals surface area (Å²) in [5.74, 6) is -3.30. The molecule has 6 nitrogen and oxygen atoms in total. The number of hydrogen-bond acceptors (Lipinski definition) is 4. The molecule has 2 N–H and O–H groups in total. The lowest BCUT2D eigenvalue weighted by atomic mass is 10.1. The lowest BCUT2D eigenvalue weighted by Crippen LogP contribution is -2.39. The maximum absolute atomic E-state index is 13.9. The van der Waals surface area contributed by atoms with Gasteiger partial charge >= 0.3 is 5.69 Å². The van der Waals surface area contributed by atoms with E-state index in [0.717, 1.165) is 6.20 Å². The van der Waals surface area contributed by atoms with E-state index in [-0.39, 0.29) is 5.56 Å². The van der Waals surface area contributed by atoms with E-state index >= 15 is 0 Å². The van der Waals surface area contributed by atoms with E-state index in [2.05, 4.69) is 0 Å². The number of hydrogen-bond donors (Lipinski definition) is 2. The van der Waals surface area contributed by atoms with Gasteiger partial charge in [-0.2, -0.15) is 0 Å². The summed E-state index contributed by atoms with van der Waals surface area (Å²) in [4.78, 5) is 25.1. The molecule has 1 fully saturated rings. The van der Waals surface area contributed by atoms with E-state index in [1.54, 1.807) is 6.92 Å². The number of H-pyrrole nitrogens is 1. The third-order valence-electron chi connectivity index (χ3n) is 3.35. The van der Waals surface area contributed by atoms with Gasteiger partial charge in [0.15, 0.2) is 0 Å². The Balaban J connectivity index is 2.46. The monoisotopic (exact) mass is 290 g/mol. The maximum Gasteiger partial charge on any atom is 0.330 e. The first-order chi connectivity index (χ1) is 9.26. The Kier molecular flexibility index (Phi) is 3.79. The number of alkyl halides is 2. The number of rotatable bonds is 3. The van der Waals surface area contributed by atoms with Crippen LogP contribution >= 0.6 is 0 Å². The maximum atomic E-state index is 13.9. The van der Waals surface area contributed by atoms with Crippen LogP contribution in [-0.4, -0.2) is 32.8 Å². The molecule has 0 saturated carbocycles. The first-order valence-corrected chi connectivity index (χ1v) is 6.32. The Hall–Kier alpha value is -1.54. The van der Waals surface area contributed by atoms with Crippen molar-refractivity contribution in [3.05, 3.63) is 32.6 Å². The molecule has 0 amide bonds. The van der Waals surface area contributed by atoms with E-state index < -0.39 is 42.0 Å². The average molecular weight is 290 g/mol. The zero-order valence-electron chi connectivity index (χ0n) is 11.1. The van der Waals surface area contributed by atoms with Crippen molar-refractivity contribution in [2.45, 2.75) is 51.0 Å². The fourth-order valence-corrected chi connectivity index (χ4v) is 2.19. The highest BCUT2D eigenvalue weighted by molar-refractivity contribution is 5.05. The number of aliphatic hydroxyl groups excluding tert-OH is 1. The molecule has 0 spiro atoms. The molecule has 0 unspecified atom stereocenters. The molecule has 1 aliphatic rings. The summed E-state index contributed by atoms with van der Waals surface area (Å²) in [5.41, 5.74) is -1.34. The van der Waals surface area contributed by atoms with Crippen molar-refractivity contribution in [2.75, 3.05) is 0 Å². The first-order valence-electron chi connectivity index (χ1n) is 6.32. The SMILES string of the molecule is CCc1cn([C@@H]2O[C@H]([C@H](C)O)CC2(F)F)c(=O)[nH]c1=O. The second-order valence-corrected chi connectivity index (χ2v) is 4.91. The molecule has 0 radical (unpaired) electrons. The Labute approximate surface area is 113 Å². The summed E-state index contributed by atoms with van der Waals surface area (Å²) >= 11 is 0. The van der Waals surface area contributed by atoms with Gasteiger partial charge in [0.05, 0.1) is 12.2 Å². The van der Waals surface area contributed by atoms with Crippen molar-refractivity contribution in [2.24, 2.45) is 0 Å². The van der Waals surface area contributed by atoms with Gasteiger partial charge in [0, 0.05) is 18.2 Å². The second kappa shape index (κ2) is 5.10. The van der Waals surface area contributed by atoms with E-state index in [9.17, 15) is 23.5 Å². The van der Waals surface area contributed by atoms with E-state index in [4.69, 9.17) is 4.74 Å². The van der Waals surface area contributed by atoms with Crippen molar-refractivity contribution < 1.29 is 18.6 Å². The first kappa shape index (κ1) is 14.9. The number of aliphatic hydroxyl groups is 1. The van der Waals surface area contributed by atoms with Crippen molar-refractivity contribution in [1.82, 2.24) is 9.55 Å². The van der Waals surface area contributed by atoms with Crippen LogP contribution in [0.2, 0.25) is 0 Å². The molecule has 2 rings (SSSR count). The van der Waals surface area contributed by atoms with Crippen LogP contribution in [0.5, 0.6) is 0 Å². The second-order valence-electron chi connectivity index (χ2n) is 4.91. The molecule has 0 aliphatic carbocycles. The predicted molar refractivity (Wildman–Crippen MR) is 65.9 cm³/mol. The van der Waals surface area contributed by atoms with Crippen molar-refractivity contribution in [3.63, 3.8) is 0 Å². The molecule has 3 atom stereocenters. The predicted octanol–water partition coefficient (Wildman–Crippen LogP) is 0.403. The summed E-state index contributed by atoms with van der Waals surface area (Å²) in [5, 5.41) is 9.36. The van der Waals surface area contributed by atoms with Gasteiger partial charge in [-0.15, -0.1) is 0 Å². The minimum atomic E-state index is -3.30. The van der Waals surface area contributed by atoms with Gasteiger partial charge in [0.2, 0.25) is 6.23 Å². The van der Waals surface area contributed by atoms with Gasteiger partial charge in [-0.05, 0) is 13.3 Å². The molecule has 0 bridgehead atoms. The number of halogens is 2. The summed E-state index contributed by atoms with van der Waals surface area (Å²) in [7, 11) is 0. The molecular formula is C12H16F2N2O4. The molecule has 1 saturated heterocycles. The Morgan fingerprint density at radius 3 is 2.75 bits per heavy atom. The number of nitrogens with one attached hydrogen (secondary N) is 1. The highest BCUT2D eigenvalue weighted by Gasteiger charge is 2.53. The van der Waals surface area contributed by atoms with Crippen LogP contribution in [0.15, 0.2) is 15.8 Å². The number of aromatic nitrogens is 2. The zero-order valence-corrected chi connectivity index (χ0v) is 11.1. The quantitative estimate of drug-likeness (QED) is 0.844. The van der Waals surface area contributed by atoms with Gasteiger partial charge in [-0.25, -0.2) is 13.6 Å². The minimum Gasteiger partial charge on any atom is -0.391 e. The fraction of sp³-hybridized carbons (Fsp3) is 0.667. The number of ether oxygens (including phenoxy) is 1.